The van der Waals surface area contributed by atoms with Gasteiger partial charge in [-0.15, -0.1) is 11.8 Å². The van der Waals surface area contributed by atoms with E-state index in [9.17, 15) is 13.2 Å². The van der Waals surface area contributed by atoms with Crippen LogP contribution in [0.15, 0.2) is 0 Å². The van der Waals surface area contributed by atoms with E-state index >= 15 is 0 Å². The average molecular weight is 172 g/mol. The van der Waals surface area contributed by atoms with Crippen molar-refractivity contribution in [1.82, 2.24) is 0 Å². The van der Waals surface area contributed by atoms with Gasteiger partial charge in [0.2, 0.25) is 0 Å². The molecule has 0 N–H and O–H groups in total. The number of halogens is 3. The number of thioether (sulfide) groups is 1. The van der Waals surface area contributed by atoms with E-state index in [0.29, 0.717) is 13.2 Å². The monoisotopic (exact) mass is 172 g/mol. The van der Waals surface area contributed by atoms with Gasteiger partial charge in [0.05, 0.1) is 24.2 Å². The van der Waals surface area contributed by atoms with Crippen molar-refractivity contribution in [3.05, 3.63) is 0 Å². The zero-order valence-electron chi connectivity index (χ0n) is 5.15. The molecular formula is C5H7F3OS. The van der Waals surface area contributed by atoms with Crippen molar-refractivity contribution in [2.45, 2.75) is 11.4 Å². The number of hydrogen-bond donors (Lipinski definition) is 0. The van der Waals surface area contributed by atoms with Crippen LogP contribution in [0.1, 0.15) is 0 Å². The molecule has 0 saturated carbocycles. The quantitative estimate of drug-likeness (QED) is 0.626. The molecule has 1 saturated heterocycles. The highest BCUT2D eigenvalue weighted by Crippen LogP contribution is 2.27. The summed E-state index contributed by atoms with van der Waals surface area (Å²) in [7, 11) is 0. The largest absolute Gasteiger partial charge is 0.397 e. The van der Waals surface area contributed by atoms with Gasteiger partial charge in [-0.1, -0.05) is 0 Å². The van der Waals surface area contributed by atoms with Gasteiger partial charge < -0.3 is 4.74 Å². The first-order valence-electron chi connectivity index (χ1n) is 2.84. The molecule has 1 fully saturated rings. The number of ether oxygens (including phenoxy) is 1. The fourth-order valence-electron chi connectivity index (χ4n) is 0.523. The van der Waals surface area contributed by atoms with Crippen molar-refractivity contribution in [3.63, 3.8) is 0 Å². The van der Waals surface area contributed by atoms with Crippen LogP contribution in [0.2, 0.25) is 0 Å². The zero-order chi connectivity index (χ0) is 7.61. The third kappa shape index (κ3) is 2.79. The van der Waals surface area contributed by atoms with Crippen LogP contribution in [-0.4, -0.2) is 30.4 Å². The number of alkyl halides is 3. The Balaban J connectivity index is 2.04. The predicted molar refractivity (Wildman–Crippen MR) is 33.1 cm³/mol. The molecule has 0 radical (unpaired) electrons. The minimum atomic E-state index is -4.03. The van der Waals surface area contributed by atoms with Gasteiger partial charge in [-0.05, 0) is 0 Å². The molecule has 1 heterocycles. The van der Waals surface area contributed by atoms with Crippen LogP contribution >= 0.6 is 11.8 Å². The Kier molecular flexibility index (Phi) is 2.46. The Hall–Kier alpha value is 0.1000. The molecule has 60 valence electrons. The lowest BCUT2D eigenvalue weighted by Gasteiger charge is -2.25. The molecule has 0 aromatic carbocycles. The minimum Gasteiger partial charge on any atom is -0.379 e. The van der Waals surface area contributed by atoms with Crippen LogP contribution in [0.3, 0.4) is 0 Å². The summed E-state index contributed by atoms with van der Waals surface area (Å²) in [5.41, 5.74) is 0. The van der Waals surface area contributed by atoms with Crippen molar-refractivity contribution in [2.75, 3.05) is 19.0 Å². The first kappa shape index (κ1) is 8.20. The summed E-state index contributed by atoms with van der Waals surface area (Å²) in [6.07, 6.45) is -4.03. The van der Waals surface area contributed by atoms with Crippen molar-refractivity contribution in [1.29, 1.82) is 0 Å². The molecule has 0 aromatic rings. The van der Waals surface area contributed by atoms with E-state index in [2.05, 4.69) is 0 Å². The Labute approximate surface area is 60.9 Å². The second kappa shape index (κ2) is 3.00. The summed E-state index contributed by atoms with van der Waals surface area (Å²) in [6.45, 7) is 0.946. The molecule has 1 rings (SSSR count). The molecule has 1 aliphatic heterocycles. The van der Waals surface area contributed by atoms with Crippen LogP contribution in [-0.2, 0) is 4.74 Å². The molecule has 0 amide bonds. The van der Waals surface area contributed by atoms with E-state index in [1.165, 1.54) is 0 Å². The Morgan fingerprint density at radius 1 is 1.40 bits per heavy atom. The van der Waals surface area contributed by atoms with Gasteiger partial charge in [0.15, 0.2) is 0 Å². The summed E-state index contributed by atoms with van der Waals surface area (Å²) in [5, 5.41) is 0.0709. The van der Waals surface area contributed by atoms with Crippen LogP contribution in [0.4, 0.5) is 13.2 Å². The van der Waals surface area contributed by atoms with Crippen LogP contribution in [0.25, 0.3) is 0 Å². The van der Waals surface area contributed by atoms with Gasteiger partial charge in [-0.25, -0.2) is 0 Å². The summed E-state index contributed by atoms with van der Waals surface area (Å²) >= 11 is 0.920. The molecule has 0 aromatic heterocycles. The first-order valence-corrected chi connectivity index (χ1v) is 3.89. The van der Waals surface area contributed by atoms with E-state index in [1.54, 1.807) is 0 Å². The summed E-state index contributed by atoms with van der Waals surface area (Å²) in [6, 6.07) is 0. The Morgan fingerprint density at radius 2 is 2.00 bits per heavy atom. The predicted octanol–water partition coefficient (Wildman–Crippen LogP) is 1.68. The zero-order valence-corrected chi connectivity index (χ0v) is 5.97. The minimum absolute atomic E-state index is 0.0709. The molecule has 5 heteroatoms. The molecule has 0 aliphatic carbocycles. The molecule has 0 spiro atoms. The molecule has 0 unspecified atom stereocenters. The van der Waals surface area contributed by atoms with Crippen molar-refractivity contribution >= 4 is 11.8 Å². The average Bonchev–Trinajstić information content (AvgIpc) is 1.56. The van der Waals surface area contributed by atoms with Crippen LogP contribution in [0.5, 0.6) is 0 Å². The van der Waals surface area contributed by atoms with Gasteiger partial charge in [-0.2, -0.15) is 13.2 Å². The topological polar surface area (TPSA) is 9.23 Å². The van der Waals surface area contributed by atoms with Gasteiger partial charge in [-0.3, -0.25) is 0 Å². The summed E-state index contributed by atoms with van der Waals surface area (Å²) in [5.74, 6) is -0.749. The molecule has 0 bridgehead atoms. The molecule has 1 aliphatic rings. The van der Waals surface area contributed by atoms with E-state index in [-0.39, 0.29) is 5.25 Å². The number of rotatable bonds is 2. The molecular weight excluding hydrogens is 165 g/mol. The standard InChI is InChI=1S/C5H7F3OS/c6-5(7,8)3-10-4-1-9-2-4/h4H,1-3H2. The van der Waals surface area contributed by atoms with E-state index in [1.807, 2.05) is 0 Å². The van der Waals surface area contributed by atoms with E-state index < -0.39 is 11.9 Å². The molecule has 1 nitrogen and oxygen atoms in total. The first-order chi connectivity index (χ1) is 4.58. The molecule has 10 heavy (non-hydrogen) atoms. The maximum Gasteiger partial charge on any atom is 0.397 e. The lowest BCUT2D eigenvalue weighted by Crippen LogP contribution is -2.32. The maximum atomic E-state index is 11.5. The van der Waals surface area contributed by atoms with Crippen molar-refractivity contribution in [2.24, 2.45) is 0 Å². The van der Waals surface area contributed by atoms with E-state index in [0.717, 1.165) is 11.8 Å². The van der Waals surface area contributed by atoms with Crippen LogP contribution < -0.4 is 0 Å². The lowest BCUT2D eigenvalue weighted by molar-refractivity contribution is -0.105. The highest BCUT2D eigenvalue weighted by atomic mass is 32.2. The second-order valence-corrected chi connectivity index (χ2v) is 3.37. The van der Waals surface area contributed by atoms with E-state index in [4.69, 9.17) is 4.74 Å². The maximum absolute atomic E-state index is 11.5. The normalized spacial score (nSPS) is 20.7. The van der Waals surface area contributed by atoms with Gasteiger partial charge in [0.1, 0.15) is 0 Å². The molecule has 0 atom stereocenters. The summed E-state index contributed by atoms with van der Waals surface area (Å²) in [4.78, 5) is 0. The summed E-state index contributed by atoms with van der Waals surface area (Å²) < 4.78 is 39.3. The smallest absolute Gasteiger partial charge is 0.379 e. The lowest BCUT2D eigenvalue weighted by atomic mass is 10.4. The van der Waals surface area contributed by atoms with Gasteiger partial charge in [0, 0.05) is 0 Å². The fourth-order valence-corrected chi connectivity index (χ4v) is 1.33. The highest BCUT2D eigenvalue weighted by Gasteiger charge is 2.30. The van der Waals surface area contributed by atoms with Gasteiger partial charge >= 0.3 is 6.18 Å². The van der Waals surface area contributed by atoms with Gasteiger partial charge in [0.25, 0.3) is 0 Å². The highest BCUT2D eigenvalue weighted by molar-refractivity contribution is 8.00. The Bertz CT molecular complexity index is 110. The van der Waals surface area contributed by atoms with Crippen molar-refractivity contribution in [3.8, 4) is 0 Å². The number of hydrogen-bond acceptors (Lipinski definition) is 2. The third-order valence-electron chi connectivity index (χ3n) is 1.09. The Morgan fingerprint density at radius 3 is 2.30 bits per heavy atom. The third-order valence-corrected chi connectivity index (χ3v) is 2.33. The van der Waals surface area contributed by atoms with Crippen LogP contribution in [0, 0.1) is 0 Å². The second-order valence-electron chi connectivity index (χ2n) is 2.09. The van der Waals surface area contributed by atoms with Crippen molar-refractivity contribution < 1.29 is 17.9 Å². The fraction of sp³-hybridized carbons (Fsp3) is 1.00. The SMILES string of the molecule is FC(F)(F)CSC1COC1.